The van der Waals surface area contributed by atoms with Crippen LogP contribution in [0, 0.1) is 11.3 Å². The number of hydrogen-bond donors (Lipinski definition) is 0. The minimum absolute atomic E-state index is 0.0364. The standard InChI is InChI=1S/C20H19N3O2S/c1-15(24)22-10-12-23(13-11-22)20(25)17-7-3-5-9-19(17)26-18-8-4-2-6-16(18)14-21/h2-9H,10-13H2,1H3. The van der Waals surface area contributed by atoms with Gasteiger partial charge < -0.3 is 9.80 Å². The Bertz CT molecular complexity index is 867. The molecular weight excluding hydrogens is 346 g/mol. The van der Waals surface area contributed by atoms with E-state index < -0.39 is 0 Å². The summed E-state index contributed by atoms with van der Waals surface area (Å²) >= 11 is 1.43. The summed E-state index contributed by atoms with van der Waals surface area (Å²) < 4.78 is 0. The van der Waals surface area contributed by atoms with Crippen LogP contribution in [0.25, 0.3) is 0 Å². The Morgan fingerprint density at radius 2 is 1.50 bits per heavy atom. The third-order valence-corrected chi connectivity index (χ3v) is 5.51. The molecule has 0 aliphatic carbocycles. The maximum absolute atomic E-state index is 13.0. The van der Waals surface area contributed by atoms with E-state index in [4.69, 9.17) is 0 Å². The first-order valence-corrected chi connectivity index (χ1v) is 9.22. The number of nitrogens with zero attached hydrogens (tertiary/aromatic N) is 3. The molecule has 2 amide bonds. The predicted molar refractivity (Wildman–Crippen MR) is 99.9 cm³/mol. The summed E-state index contributed by atoms with van der Waals surface area (Å²) in [6.07, 6.45) is 0. The predicted octanol–water partition coefficient (Wildman–Crippen LogP) is 3.01. The summed E-state index contributed by atoms with van der Waals surface area (Å²) in [4.78, 5) is 29.6. The summed E-state index contributed by atoms with van der Waals surface area (Å²) in [7, 11) is 0. The molecule has 6 heteroatoms. The third kappa shape index (κ3) is 3.89. The first-order valence-electron chi connectivity index (χ1n) is 8.41. The van der Waals surface area contributed by atoms with Crippen LogP contribution in [0.4, 0.5) is 0 Å². The molecule has 0 saturated carbocycles. The van der Waals surface area contributed by atoms with E-state index >= 15 is 0 Å². The van der Waals surface area contributed by atoms with Crippen LogP contribution in [0.5, 0.6) is 0 Å². The fourth-order valence-electron chi connectivity index (χ4n) is 2.89. The SMILES string of the molecule is CC(=O)N1CCN(C(=O)c2ccccc2Sc2ccccc2C#N)CC1. The van der Waals surface area contributed by atoms with Crippen LogP contribution in [0.2, 0.25) is 0 Å². The highest BCUT2D eigenvalue weighted by Crippen LogP contribution is 2.33. The molecule has 1 aliphatic heterocycles. The first-order chi connectivity index (χ1) is 12.6. The molecule has 132 valence electrons. The van der Waals surface area contributed by atoms with Crippen molar-refractivity contribution in [1.82, 2.24) is 9.80 Å². The minimum atomic E-state index is -0.0364. The van der Waals surface area contributed by atoms with Gasteiger partial charge >= 0.3 is 0 Å². The second-order valence-electron chi connectivity index (χ2n) is 6.00. The molecule has 2 aromatic rings. The number of piperazine rings is 1. The zero-order valence-electron chi connectivity index (χ0n) is 14.5. The largest absolute Gasteiger partial charge is 0.339 e. The van der Waals surface area contributed by atoms with E-state index in [1.165, 1.54) is 11.8 Å². The van der Waals surface area contributed by atoms with Crippen LogP contribution < -0.4 is 0 Å². The van der Waals surface area contributed by atoms with Crippen LogP contribution in [0.1, 0.15) is 22.8 Å². The van der Waals surface area contributed by atoms with Crippen molar-refractivity contribution in [3.05, 3.63) is 59.7 Å². The number of nitriles is 1. The lowest BCUT2D eigenvalue weighted by Gasteiger charge is -2.34. The van der Waals surface area contributed by atoms with Crippen molar-refractivity contribution in [2.75, 3.05) is 26.2 Å². The summed E-state index contributed by atoms with van der Waals surface area (Å²) in [5, 5.41) is 9.28. The van der Waals surface area contributed by atoms with E-state index in [1.807, 2.05) is 42.5 Å². The molecule has 1 fully saturated rings. The van der Waals surface area contributed by atoms with Gasteiger partial charge in [-0.1, -0.05) is 36.0 Å². The molecule has 3 rings (SSSR count). The van der Waals surface area contributed by atoms with Crippen LogP contribution in [0.3, 0.4) is 0 Å². The van der Waals surface area contributed by atoms with Gasteiger partial charge in [0.2, 0.25) is 5.91 Å². The fourth-order valence-corrected chi connectivity index (χ4v) is 3.91. The van der Waals surface area contributed by atoms with Gasteiger partial charge in [0.15, 0.2) is 0 Å². The van der Waals surface area contributed by atoms with Gasteiger partial charge in [-0.15, -0.1) is 0 Å². The molecule has 0 unspecified atom stereocenters. The highest BCUT2D eigenvalue weighted by atomic mass is 32.2. The van der Waals surface area contributed by atoms with Gasteiger partial charge in [-0.05, 0) is 24.3 Å². The summed E-state index contributed by atoms with van der Waals surface area (Å²) in [6, 6.07) is 17.0. The highest BCUT2D eigenvalue weighted by Gasteiger charge is 2.25. The smallest absolute Gasteiger partial charge is 0.255 e. The lowest BCUT2D eigenvalue weighted by Crippen LogP contribution is -2.50. The maximum Gasteiger partial charge on any atom is 0.255 e. The van der Waals surface area contributed by atoms with Crippen LogP contribution in [-0.2, 0) is 4.79 Å². The van der Waals surface area contributed by atoms with Gasteiger partial charge in [-0.2, -0.15) is 5.26 Å². The van der Waals surface area contributed by atoms with E-state index in [0.29, 0.717) is 37.3 Å². The lowest BCUT2D eigenvalue weighted by atomic mass is 10.2. The molecule has 1 heterocycles. The van der Waals surface area contributed by atoms with Gasteiger partial charge in [0.25, 0.3) is 5.91 Å². The van der Waals surface area contributed by atoms with Crippen molar-refractivity contribution in [3.8, 4) is 6.07 Å². The lowest BCUT2D eigenvalue weighted by molar-refractivity contribution is -0.130. The Morgan fingerprint density at radius 3 is 2.15 bits per heavy atom. The normalized spacial score (nSPS) is 14.0. The molecule has 1 aliphatic rings. The van der Waals surface area contributed by atoms with Crippen molar-refractivity contribution in [3.63, 3.8) is 0 Å². The van der Waals surface area contributed by atoms with Crippen LogP contribution >= 0.6 is 11.8 Å². The van der Waals surface area contributed by atoms with Crippen molar-refractivity contribution in [1.29, 1.82) is 5.26 Å². The average Bonchev–Trinajstić information content (AvgIpc) is 2.68. The zero-order valence-corrected chi connectivity index (χ0v) is 15.3. The monoisotopic (exact) mass is 365 g/mol. The molecule has 0 aromatic heterocycles. The Hall–Kier alpha value is -2.78. The highest BCUT2D eigenvalue weighted by molar-refractivity contribution is 7.99. The average molecular weight is 365 g/mol. The van der Waals surface area contributed by atoms with Crippen LogP contribution in [0.15, 0.2) is 58.3 Å². The fraction of sp³-hybridized carbons (Fsp3) is 0.250. The van der Waals surface area contributed by atoms with E-state index in [2.05, 4.69) is 6.07 Å². The Morgan fingerprint density at radius 1 is 0.923 bits per heavy atom. The van der Waals surface area contributed by atoms with Gasteiger partial charge in [0, 0.05) is 42.9 Å². The zero-order chi connectivity index (χ0) is 18.5. The van der Waals surface area contributed by atoms with Gasteiger partial charge in [-0.3, -0.25) is 9.59 Å². The number of benzene rings is 2. The van der Waals surface area contributed by atoms with Gasteiger partial charge in [-0.25, -0.2) is 0 Å². The second-order valence-corrected chi connectivity index (χ2v) is 7.09. The molecule has 0 radical (unpaired) electrons. The number of rotatable bonds is 3. The van der Waals surface area contributed by atoms with Gasteiger partial charge in [0.05, 0.1) is 11.1 Å². The molecule has 5 nitrogen and oxygen atoms in total. The van der Waals surface area contributed by atoms with Crippen LogP contribution in [-0.4, -0.2) is 47.8 Å². The maximum atomic E-state index is 13.0. The number of hydrogen-bond acceptors (Lipinski definition) is 4. The summed E-state index contributed by atoms with van der Waals surface area (Å²) in [6.45, 7) is 3.75. The second kappa shape index (κ2) is 8.07. The summed E-state index contributed by atoms with van der Waals surface area (Å²) in [5.41, 5.74) is 1.22. The van der Waals surface area contributed by atoms with Crippen molar-refractivity contribution >= 4 is 23.6 Å². The molecule has 26 heavy (non-hydrogen) atoms. The van der Waals surface area contributed by atoms with E-state index in [1.54, 1.807) is 22.8 Å². The molecule has 2 aromatic carbocycles. The quantitative estimate of drug-likeness (QED) is 0.839. The Labute approximate surface area is 157 Å². The molecule has 0 N–H and O–H groups in total. The van der Waals surface area contributed by atoms with Crippen molar-refractivity contribution in [2.24, 2.45) is 0 Å². The van der Waals surface area contributed by atoms with Crippen molar-refractivity contribution < 1.29 is 9.59 Å². The molecule has 0 spiro atoms. The first kappa shape index (κ1) is 18.0. The van der Waals surface area contributed by atoms with Crippen molar-refractivity contribution in [2.45, 2.75) is 16.7 Å². The number of carbonyl (C=O) groups excluding carboxylic acids is 2. The van der Waals surface area contributed by atoms with E-state index in [0.717, 1.165) is 9.79 Å². The molecule has 1 saturated heterocycles. The van der Waals surface area contributed by atoms with E-state index in [-0.39, 0.29) is 11.8 Å². The number of carbonyl (C=O) groups is 2. The molecule has 0 atom stereocenters. The summed E-state index contributed by atoms with van der Waals surface area (Å²) in [5.74, 6) is 0.00639. The van der Waals surface area contributed by atoms with E-state index in [9.17, 15) is 14.9 Å². The van der Waals surface area contributed by atoms with Gasteiger partial charge in [0.1, 0.15) is 6.07 Å². The Balaban J connectivity index is 1.80. The number of amides is 2. The molecule has 0 bridgehead atoms. The topological polar surface area (TPSA) is 64.4 Å². The minimum Gasteiger partial charge on any atom is -0.339 e. The molecular formula is C20H19N3O2S. The Kier molecular flexibility index (Phi) is 5.59. The third-order valence-electron chi connectivity index (χ3n) is 4.36.